The summed E-state index contributed by atoms with van der Waals surface area (Å²) < 4.78 is 21.5. The maximum absolute atomic E-state index is 14.3. The molecule has 0 fully saturated rings. The lowest BCUT2D eigenvalue weighted by Crippen LogP contribution is -2.07. The van der Waals surface area contributed by atoms with E-state index in [1.807, 2.05) is 0 Å². The molecule has 1 aliphatic heterocycles. The molecule has 0 saturated heterocycles. The number of fused-ring (bicyclic) bond motifs is 3. The van der Waals surface area contributed by atoms with E-state index in [1.165, 1.54) is 12.3 Å². The molecule has 3 aromatic heterocycles. The Morgan fingerprint density at radius 1 is 1.35 bits per heavy atom. The fourth-order valence-electron chi connectivity index (χ4n) is 2.86. The van der Waals surface area contributed by atoms with Gasteiger partial charge in [-0.3, -0.25) is 4.79 Å². The normalized spacial score (nSPS) is 14.2. The minimum atomic E-state index is -0.512. The fraction of sp³-hybridized carbons (Fsp3) is 0.294. The number of carbonyl (C=O) groups excluding carboxylic acids is 1. The van der Waals surface area contributed by atoms with Crippen LogP contribution in [0.15, 0.2) is 18.3 Å². The molecular weight excluding hydrogens is 339 g/mol. The second-order valence-corrected chi connectivity index (χ2v) is 6.01. The van der Waals surface area contributed by atoms with Crippen LogP contribution in [0.2, 0.25) is 0 Å². The summed E-state index contributed by atoms with van der Waals surface area (Å²) in [5.74, 6) is 0.709. The standard InChI is InChI=1S/C17H17FN6O2/c1-9-6-11(18)15-21-13-7-14(19-2)24-16(22-13)10(8-20-24)12(25)4-3-5-26-17(9)23-15/h6-8,19H,3-5H2,1-2H3,(H,21,22,23). The first-order chi connectivity index (χ1) is 12.6. The van der Waals surface area contributed by atoms with Gasteiger partial charge in [0.05, 0.1) is 18.4 Å². The molecule has 4 rings (SSSR count). The second kappa shape index (κ2) is 6.25. The molecule has 26 heavy (non-hydrogen) atoms. The summed E-state index contributed by atoms with van der Waals surface area (Å²) in [5, 5.41) is 10.1. The van der Waals surface area contributed by atoms with Crippen molar-refractivity contribution in [3.8, 4) is 5.88 Å². The van der Waals surface area contributed by atoms with Gasteiger partial charge in [0.15, 0.2) is 23.1 Å². The predicted octanol–water partition coefficient (Wildman–Crippen LogP) is 2.71. The van der Waals surface area contributed by atoms with E-state index in [9.17, 15) is 9.18 Å². The van der Waals surface area contributed by atoms with Crippen LogP contribution in [0.5, 0.6) is 5.88 Å². The van der Waals surface area contributed by atoms with Crippen LogP contribution in [-0.4, -0.2) is 39.0 Å². The van der Waals surface area contributed by atoms with Gasteiger partial charge in [-0.25, -0.2) is 9.37 Å². The Bertz CT molecular complexity index is 1020. The summed E-state index contributed by atoms with van der Waals surface area (Å²) in [5.41, 5.74) is 1.41. The van der Waals surface area contributed by atoms with Gasteiger partial charge >= 0.3 is 0 Å². The van der Waals surface area contributed by atoms with E-state index < -0.39 is 5.82 Å². The van der Waals surface area contributed by atoms with Crippen LogP contribution in [0.25, 0.3) is 5.65 Å². The number of hydrogen-bond donors (Lipinski definition) is 2. The Morgan fingerprint density at radius 3 is 3.00 bits per heavy atom. The topological polar surface area (TPSA) is 93.4 Å². The number of ether oxygens (including phenoxy) is 1. The lowest BCUT2D eigenvalue weighted by Gasteiger charge is -2.12. The first kappa shape index (κ1) is 16.2. The number of carbonyl (C=O) groups is 1. The first-order valence-corrected chi connectivity index (χ1v) is 8.23. The van der Waals surface area contributed by atoms with Gasteiger partial charge in [-0.05, 0) is 19.4 Å². The molecule has 0 spiro atoms. The average molecular weight is 356 g/mol. The fourth-order valence-corrected chi connectivity index (χ4v) is 2.86. The van der Waals surface area contributed by atoms with Gasteiger partial charge in [0, 0.05) is 25.1 Å². The molecule has 0 radical (unpaired) electrons. The summed E-state index contributed by atoms with van der Waals surface area (Å²) in [6.45, 7) is 2.03. The third kappa shape index (κ3) is 2.71. The van der Waals surface area contributed by atoms with Crippen molar-refractivity contribution in [3.63, 3.8) is 0 Å². The van der Waals surface area contributed by atoms with Crippen LogP contribution in [0.3, 0.4) is 0 Å². The number of ketones is 1. The van der Waals surface area contributed by atoms with Crippen molar-refractivity contribution < 1.29 is 13.9 Å². The van der Waals surface area contributed by atoms with Crippen LogP contribution in [0.4, 0.5) is 21.8 Å². The summed E-state index contributed by atoms with van der Waals surface area (Å²) >= 11 is 0. The monoisotopic (exact) mass is 356 g/mol. The number of halogens is 1. The minimum absolute atomic E-state index is 0.0103. The van der Waals surface area contributed by atoms with Gasteiger partial charge in [0.25, 0.3) is 0 Å². The summed E-state index contributed by atoms with van der Waals surface area (Å²) in [6, 6.07) is 3.02. The smallest absolute Gasteiger partial charge is 0.218 e. The number of pyridine rings is 1. The molecule has 8 nitrogen and oxygen atoms in total. The van der Waals surface area contributed by atoms with Crippen molar-refractivity contribution in [2.45, 2.75) is 19.8 Å². The Labute approximate surface area is 148 Å². The van der Waals surface area contributed by atoms with Crippen LogP contribution in [-0.2, 0) is 0 Å². The number of rotatable bonds is 1. The van der Waals surface area contributed by atoms with E-state index in [-0.39, 0.29) is 11.6 Å². The van der Waals surface area contributed by atoms with E-state index in [2.05, 4.69) is 25.7 Å². The highest BCUT2D eigenvalue weighted by atomic mass is 19.1. The lowest BCUT2D eigenvalue weighted by molar-refractivity contribution is 0.0974. The maximum atomic E-state index is 14.3. The third-order valence-corrected chi connectivity index (χ3v) is 4.18. The number of hydrogen-bond acceptors (Lipinski definition) is 7. The molecule has 0 unspecified atom stereocenters. The molecule has 0 saturated carbocycles. The number of nitrogens with zero attached hydrogens (tertiary/aromatic N) is 4. The van der Waals surface area contributed by atoms with Crippen LogP contribution >= 0.6 is 0 Å². The van der Waals surface area contributed by atoms with Gasteiger partial charge in [0.1, 0.15) is 11.6 Å². The van der Waals surface area contributed by atoms with Gasteiger partial charge in [-0.2, -0.15) is 14.6 Å². The van der Waals surface area contributed by atoms with E-state index in [0.717, 1.165) is 0 Å². The summed E-state index contributed by atoms with van der Waals surface area (Å²) in [4.78, 5) is 21.2. The Hall–Kier alpha value is -3.23. The minimum Gasteiger partial charge on any atom is -0.477 e. The SMILES string of the molecule is CNc1cc2nc3c(cnn13)C(=O)CCCOc1nc(c(F)cc1C)N2. The third-order valence-electron chi connectivity index (χ3n) is 4.18. The van der Waals surface area contributed by atoms with Gasteiger partial charge < -0.3 is 15.4 Å². The molecule has 1 aliphatic rings. The van der Waals surface area contributed by atoms with Crippen LogP contribution < -0.4 is 15.4 Å². The van der Waals surface area contributed by atoms with E-state index in [0.29, 0.717) is 53.7 Å². The van der Waals surface area contributed by atoms with E-state index in [4.69, 9.17) is 4.74 Å². The van der Waals surface area contributed by atoms with Gasteiger partial charge in [-0.1, -0.05) is 0 Å². The molecule has 0 aliphatic carbocycles. The quantitative estimate of drug-likeness (QED) is 0.692. The van der Waals surface area contributed by atoms with Crippen molar-refractivity contribution in [1.82, 2.24) is 19.6 Å². The van der Waals surface area contributed by atoms with Crippen LogP contribution in [0, 0.1) is 12.7 Å². The summed E-state index contributed by atoms with van der Waals surface area (Å²) in [7, 11) is 1.73. The zero-order valence-corrected chi connectivity index (χ0v) is 14.3. The molecule has 134 valence electrons. The Morgan fingerprint density at radius 2 is 2.19 bits per heavy atom. The molecule has 4 heterocycles. The molecule has 2 N–H and O–H groups in total. The van der Waals surface area contributed by atoms with E-state index >= 15 is 0 Å². The zero-order chi connectivity index (χ0) is 18.3. The highest BCUT2D eigenvalue weighted by Crippen LogP contribution is 2.27. The molecule has 0 atom stereocenters. The van der Waals surface area contributed by atoms with E-state index in [1.54, 1.807) is 24.6 Å². The lowest BCUT2D eigenvalue weighted by atomic mass is 10.1. The van der Waals surface area contributed by atoms with Crippen LogP contribution in [0.1, 0.15) is 28.8 Å². The number of aromatic nitrogens is 4. The Balaban J connectivity index is 1.91. The van der Waals surface area contributed by atoms with Crippen molar-refractivity contribution in [2.24, 2.45) is 0 Å². The molecule has 0 amide bonds. The van der Waals surface area contributed by atoms with Crippen molar-refractivity contribution in [1.29, 1.82) is 0 Å². The zero-order valence-electron chi connectivity index (χ0n) is 14.3. The molecular formula is C17H17FN6O2. The molecule has 3 aromatic rings. The maximum Gasteiger partial charge on any atom is 0.218 e. The van der Waals surface area contributed by atoms with Crippen molar-refractivity contribution in [3.05, 3.63) is 35.3 Å². The highest BCUT2D eigenvalue weighted by molar-refractivity contribution is 6.01. The summed E-state index contributed by atoms with van der Waals surface area (Å²) in [6.07, 6.45) is 2.30. The predicted molar refractivity (Wildman–Crippen MR) is 93.8 cm³/mol. The molecule has 9 heteroatoms. The first-order valence-electron chi connectivity index (χ1n) is 8.23. The van der Waals surface area contributed by atoms with Gasteiger partial charge in [0.2, 0.25) is 5.88 Å². The second-order valence-electron chi connectivity index (χ2n) is 6.01. The average Bonchev–Trinajstić information content (AvgIpc) is 3.04. The largest absolute Gasteiger partial charge is 0.477 e. The number of nitrogens with one attached hydrogen (secondary N) is 2. The van der Waals surface area contributed by atoms with Crippen molar-refractivity contribution >= 4 is 28.9 Å². The number of Topliss-reactive ketones (excluding diaryl/α,β-unsaturated/α-hetero) is 1. The highest BCUT2D eigenvalue weighted by Gasteiger charge is 2.19. The van der Waals surface area contributed by atoms with Gasteiger partial charge in [-0.15, -0.1) is 0 Å². The molecule has 0 aromatic carbocycles. The molecule has 4 bridgehead atoms. The van der Waals surface area contributed by atoms with Crippen molar-refractivity contribution in [2.75, 3.05) is 24.3 Å². The number of aryl methyl sites for hydroxylation is 1. The number of anilines is 3. The Kier molecular flexibility index (Phi) is 3.90.